The average Bonchev–Trinajstić information content (AvgIpc) is 3.42. The highest BCUT2D eigenvalue weighted by Gasteiger charge is 2.41. The minimum Gasteiger partial charge on any atom is -0.477 e. The van der Waals surface area contributed by atoms with E-state index in [1.807, 2.05) is 128 Å². The van der Waals surface area contributed by atoms with Crippen LogP contribution in [0.5, 0.6) is 11.5 Å². The van der Waals surface area contributed by atoms with Crippen LogP contribution in [0.2, 0.25) is 0 Å². The van der Waals surface area contributed by atoms with Crippen molar-refractivity contribution < 1.29 is 33.8 Å². The minimum absolute atomic E-state index is 0.249. The standard InChI is InChI=1S/C42H35N2O6S/c1-51-28-38(50-44-41(45)33-24-14-15-25-34(33)42(44)46)35-26-36(48-39(29-16-6-2-7-17-29)30-18-8-3-9-19-30)37(27-43(35)47)49-40(31-20-10-4-11-21-31)32-22-12-5-13-23-32/h2-27,38-40,47H,28H2,1H3/q+1/t38-/m1/s1. The van der Waals surface area contributed by atoms with Crippen LogP contribution < -0.4 is 14.2 Å². The number of hydrogen-bond donors (Lipinski definition) is 1. The van der Waals surface area contributed by atoms with Gasteiger partial charge in [0.25, 0.3) is 23.7 Å². The zero-order valence-electron chi connectivity index (χ0n) is 27.7. The second-order valence-electron chi connectivity index (χ2n) is 11.9. The predicted octanol–water partition coefficient (Wildman–Crippen LogP) is 8.18. The van der Waals surface area contributed by atoms with Crippen LogP contribution in [0.3, 0.4) is 0 Å². The molecule has 6 aromatic rings. The maximum atomic E-state index is 13.3. The number of nitrogens with zero attached hydrogens (tertiary/aromatic N) is 2. The third kappa shape index (κ3) is 7.21. The first-order valence-corrected chi connectivity index (χ1v) is 17.9. The van der Waals surface area contributed by atoms with E-state index in [-0.39, 0.29) is 22.6 Å². The predicted molar refractivity (Wildman–Crippen MR) is 194 cm³/mol. The molecule has 0 fully saturated rings. The van der Waals surface area contributed by atoms with Gasteiger partial charge in [0.15, 0.2) is 11.9 Å². The summed E-state index contributed by atoms with van der Waals surface area (Å²) in [5, 5.41) is 12.4. The van der Waals surface area contributed by atoms with Crippen molar-refractivity contribution in [2.75, 3.05) is 12.0 Å². The molecule has 1 aliphatic heterocycles. The Balaban J connectivity index is 1.33. The Kier molecular flexibility index (Phi) is 10.1. The number of carbonyl (C=O) groups is 2. The molecule has 0 bridgehead atoms. The maximum Gasteiger partial charge on any atom is 0.285 e. The lowest BCUT2D eigenvalue weighted by Crippen LogP contribution is -2.41. The van der Waals surface area contributed by atoms with Crippen LogP contribution in [0.1, 0.15) is 67.0 Å². The second-order valence-corrected chi connectivity index (χ2v) is 12.8. The highest BCUT2D eigenvalue weighted by molar-refractivity contribution is 7.98. The number of hydrogen-bond acceptors (Lipinski definition) is 7. The highest BCUT2D eigenvalue weighted by Crippen LogP contribution is 2.39. The van der Waals surface area contributed by atoms with Crippen LogP contribution in [0.15, 0.2) is 158 Å². The summed E-state index contributed by atoms with van der Waals surface area (Å²) >= 11 is 1.44. The van der Waals surface area contributed by atoms with E-state index >= 15 is 0 Å². The van der Waals surface area contributed by atoms with Crippen molar-refractivity contribution in [3.8, 4) is 11.5 Å². The molecule has 1 atom stereocenters. The monoisotopic (exact) mass is 695 g/mol. The van der Waals surface area contributed by atoms with E-state index in [1.54, 1.807) is 30.3 Å². The quantitative estimate of drug-likeness (QED) is 0.0741. The number of pyridine rings is 1. The number of thioether (sulfide) groups is 1. The van der Waals surface area contributed by atoms with Crippen molar-refractivity contribution in [1.82, 2.24) is 5.06 Å². The Morgan fingerprint density at radius 3 is 1.41 bits per heavy atom. The van der Waals surface area contributed by atoms with Gasteiger partial charge < -0.3 is 9.47 Å². The van der Waals surface area contributed by atoms with Gasteiger partial charge in [-0.05, 0) is 40.6 Å². The van der Waals surface area contributed by atoms with Crippen molar-refractivity contribution in [2.45, 2.75) is 18.3 Å². The van der Waals surface area contributed by atoms with Gasteiger partial charge in [-0.3, -0.25) is 14.8 Å². The SMILES string of the molecule is CSC[C@@H](ON1C(=O)c2ccccc2C1=O)c1cc(OC(c2ccccc2)c2ccccc2)c(OC(c2ccccc2)c2ccccc2)c[n+]1O. The third-order valence-electron chi connectivity index (χ3n) is 8.56. The van der Waals surface area contributed by atoms with E-state index < -0.39 is 30.1 Å². The van der Waals surface area contributed by atoms with E-state index in [2.05, 4.69) is 0 Å². The molecule has 7 rings (SSSR count). The molecule has 1 aliphatic rings. The molecule has 2 heterocycles. The van der Waals surface area contributed by atoms with Crippen LogP contribution in [-0.4, -0.2) is 34.1 Å². The van der Waals surface area contributed by atoms with E-state index in [9.17, 15) is 14.8 Å². The zero-order chi connectivity index (χ0) is 35.2. The molecular formula is C42H35N2O6S+. The fourth-order valence-corrected chi connectivity index (χ4v) is 6.61. The molecule has 254 valence electrons. The first kappa shape index (κ1) is 33.6. The van der Waals surface area contributed by atoms with Gasteiger partial charge in [0, 0.05) is 10.5 Å². The average molecular weight is 696 g/mol. The molecule has 5 aromatic carbocycles. The molecule has 51 heavy (non-hydrogen) atoms. The Morgan fingerprint density at radius 2 is 1.00 bits per heavy atom. The number of ether oxygens (including phenoxy) is 2. The molecule has 2 amide bonds. The van der Waals surface area contributed by atoms with Gasteiger partial charge >= 0.3 is 0 Å². The molecule has 1 N–H and O–H groups in total. The molecule has 0 saturated carbocycles. The zero-order valence-corrected chi connectivity index (χ0v) is 28.6. The Labute approximate surface area is 300 Å². The Morgan fingerprint density at radius 1 is 0.608 bits per heavy atom. The Hall–Kier alpha value is -5.90. The Bertz CT molecular complexity index is 2000. The molecule has 0 unspecified atom stereocenters. The smallest absolute Gasteiger partial charge is 0.285 e. The van der Waals surface area contributed by atoms with Crippen molar-refractivity contribution in [3.05, 3.63) is 197 Å². The molecule has 0 spiro atoms. The van der Waals surface area contributed by atoms with Gasteiger partial charge in [-0.1, -0.05) is 133 Å². The summed E-state index contributed by atoms with van der Waals surface area (Å²) in [4.78, 5) is 32.7. The largest absolute Gasteiger partial charge is 0.477 e. The molecule has 8 nitrogen and oxygen atoms in total. The van der Waals surface area contributed by atoms with Crippen molar-refractivity contribution in [1.29, 1.82) is 0 Å². The van der Waals surface area contributed by atoms with Crippen LogP contribution in [-0.2, 0) is 4.84 Å². The number of aromatic nitrogens is 1. The second kappa shape index (κ2) is 15.3. The van der Waals surface area contributed by atoms with Crippen LogP contribution in [0.25, 0.3) is 0 Å². The van der Waals surface area contributed by atoms with Gasteiger partial charge in [-0.15, -0.1) is 5.06 Å². The van der Waals surface area contributed by atoms with Crippen LogP contribution >= 0.6 is 11.8 Å². The van der Waals surface area contributed by atoms with Gasteiger partial charge in [0.1, 0.15) is 12.2 Å². The van der Waals surface area contributed by atoms with Crippen molar-refractivity contribution >= 4 is 23.6 Å². The maximum absolute atomic E-state index is 13.3. The van der Waals surface area contributed by atoms with Gasteiger partial charge in [-0.2, -0.15) is 11.8 Å². The first-order valence-electron chi connectivity index (χ1n) is 16.5. The first-order chi connectivity index (χ1) is 25.0. The highest BCUT2D eigenvalue weighted by atomic mass is 32.2. The molecule has 1 aromatic heterocycles. The normalized spacial score (nSPS) is 13.0. The molecular weight excluding hydrogens is 661 g/mol. The van der Waals surface area contributed by atoms with Gasteiger partial charge in [0.2, 0.25) is 5.75 Å². The topological polar surface area (TPSA) is 89.2 Å². The minimum atomic E-state index is -0.936. The lowest BCUT2D eigenvalue weighted by molar-refractivity contribution is -0.911. The summed E-state index contributed by atoms with van der Waals surface area (Å²) in [5.74, 6) is -0.249. The fourth-order valence-electron chi connectivity index (χ4n) is 6.08. The summed E-state index contributed by atoms with van der Waals surface area (Å²) in [5.41, 5.74) is 4.39. The van der Waals surface area contributed by atoms with E-state index in [4.69, 9.17) is 14.3 Å². The fraction of sp³-hybridized carbons (Fsp3) is 0.119. The summed E-state index contributed by atoms with van der Waals surface area (Å²) in [7, 11) is 0. The third-order valence-corrected chi connectivity index (χ3v) is 9.20. The van der Waals surface area contributed by atoms with Gasteiger partial charge in [0.05, 0.1) is 17.2 Å². The number of imide groups is 1. The van der Waals surface area contributed by atoms with E-state index in [0.717, 1.165) is 32.0 Å². The number of carbonyl (C=O) groups excluding carboxylic acids is 2. The lowest BCUT2D eigenvalue weighted by Gasteiger charge is -2.25. The van der Waals surface area contributed by atoms with Crippen molar-refractivity contribution in [2.24, 2.45) is 0 Å². The van der Waals surface area contributed by atoms with E-state index in [0.29, 0.717) is 11.5 Å². The summed E-state index contributed by atoms with van der Waals surface area (Å²) < 4.78 is 14.6. The molecule has 0 aliphatic carbocycles. The molecule has 0 saturated heterocycles. The number of amides is 2. The summed E-state index contributed by atoms with van der Waals surface area (Å²) in [6, 6.07) is 47.6. The molecule has 0 radical (unpaired) electrons. The molecule has 9 heteroatoms. The number of fused-ring (bicyclic) bond motifs is 1. The van der Waals surface area contributed by atoms with Gasteiger partial charge in [-0.25, -0.2) is 4.84 Å². The summed E-state index contributed by atoms with van der Waals surface area (Å²) in [6.07, 6.45) is 1.27. The van der Waals surface area contributed by atoms with Crippen LogP contribution in [0.4, 0.5) is 0 Å². The number of hydroxylamine groups is 2. The lowest BCUT2D eigenvalue weighted by atomic mass is 10.0. The number of benzene rings is 5. The van der Waals surface area contributed by atoms with Crippen molar-refractivity contribution in [3.63, 3.8) is 0 Å². The van der Waals surface area contributed by atoms with E-state index in [1.165, 1.54) is 18.0 Å². The van der Waals surface area contributed by atoms with Crippen LogP contribution in [0, 0.1) is 0 Å². The number of rotatable bonds is 13. The summed E-state index contributed by atoms with van der Waals surface area (Å²) in [6.45, 7) is 0.